The fraction of sp³-hybridized carbons (Fsp3) is 0.118. The highest BCUT2D eigenvalue weighted by Crippen LogP contribution is 2.35. The third kappa shape index (κ3) is 4.21. The summed E-state index contributed by atoms with van der Waals surface area (Å²) in [5.74, 6) is 0. The van der Waals surface area contributed by atoms with E-state index in [0.29, 0.717) is 10.7 Å². The number of hydrogen-bond acceptors (Lipinski definition) is 5. The maximum absolute atomic E-state index is 13.1. The van der Waals surface area contributed by atoms with Crippen molar-refractivity contribution in [3.8, 4) is 11.3 Å². The van der Waals surface area contributed by atoms with Crippen molar-refractivity contribution in [1.29, 1.82) is 0 Å². The summed E-state index contributed by atoms with van der Waals surface area (Å²) in [6.07, 6.45) is -1.52. The molecule has 8 heteroatoms. The highest BCUT2D eigenvalue weighted by Gasteiger charge is 2.34. The average molecular weight is 362 g/mol. The van der Waals surface area contributed by atoms with E-state index in [-0.39, 0.29) is 5.69 Å². The van der Waals surface area contributed by atoms with Crippen molar-refractivity contribution in [1.82, 2.24) is 9.97 Å². The van der Waals surface area contributed by atoms with E-state index in [9.17, 15) is 13.2 Å². The summed E-state index contributed by atoms with van der Waals surface area (Å²) in [6.45, 7) is 1.89. The summed E-state index contributed by atoms with van der Waals surface area (Å²) in [4.78, 5) is 8.08. The summed E-state index contributed by atoms with van der Waals surface area (Å²) >= 11 is 1.44. The van der Waals surface area contributed by atoms with Crippen LogP contribution in [-0.2, 0) is 6.18 Å². The van der Waals surface area contributed by atoms with E-state index in [1.807, 2.05) is 12.3 Å². The lowest BCUT2D eigenvalue weighted by atomic mass is 10.0. The second-order valence-electron chi connectivity index (χ2n) is 5.18. The van der Waals surface area contributed by atoms with Gasteiger partial charge in [0.05, 0.1) is 23.2 Å². The predicted octanol–water partition coefficient (Wildman–Crippen LogP) is 4.98. The van der Waals surface area contributed by atoms with E-state index in [1.165, 1.54) is 23.6 Å². The molecule has 0 radical (unpaired) electrons. The molecule has 0 saturated heterocycles. The molecule has 4 nitrogen and oxygen atoms in total. The van der Waals surface area contributed by atoms with Crippen LogP contribution in [0.4, 0.5) is 18.3 Å². The minimum absolute atomic E-state index is 0.0881. The van der Waals surface area contributed by atoms with Gasteiger partial charge in [0.15, 0.2) is 0 Å². The Morgan fingerprint density at radius 3 is 2.56 bits per heavy atom. The number of halogens is 3. The molecule has 128 valence electrons. The quantitative estimate of drug-likeness (QED) is 0.526. The van der Waals surface area contributed by atoms with Crippen molar-refractivity contribution in [2.45, 2.75) is 13.1 Å². The zero-order valence-corrected chi connectivity index (χ0v) is 13.9. The average Bonchev–Trinajstić information content (AvgIpc) is 3.00. The van der Waals surface area contributed by atoms with Crippen LogP contribution in [0.1, 0.15) is 16.8 Å². The third-order valence-electron chi connectivity index (χ3n) is 3.29. The van der Waals surface area contributed by atoms with Crippen LogP contribution in [-0.4, -0.2) is 16.2 Å². The monoisotopic (exact) mass is 362 g/mol. The van der Waals surface area contributed by atoms with Crippen molar-refractivity contribution >= 4 is 22.7 Å². The Morgan fingerprint density at radius 1 is 1.16 bits per heavy atom. The minimum atomic E-state index is -4.44. The number of hydrazone groups is 1. The van der Waals surface area contributed by atoms with Crippen molar-refractivity contribution < 1.29 is 13.2 Å². The second-order valence-corrected chi connectivity index (χ2v) is 6.04. The largest absolute Gasteiger partial charge is 0.418 e. The van der Waals surface area contributed by atoms with Gasteiger partial charge in [-0.15, -0.1) is 11.3 Å². The van der Waals surface area contributed by atoms with Crippen molar-refractivity contribution in [2.75, 3.05) is 5.43 Å². The maximum Gasteiger partial charge on any atom is 0.418 e. The van der Waals surface area contributed by atoms with Gasteiger partial charge in [0.2, 0.25) is 5.13 Å². The molecule has 3 aromatic rings. The third-order valence-corrected chi connectivity index (χ3v) is 4.15. The number of aromatic nitrogens is 2. The first kappa shape index (κ1) is 17.1. The lowest BCUT2D eigenvalue weighted by Crippen LogP contribution is -2.08. The number of rotatable bonds is 4. The maximum atomic E-state index is 13.1. The van der Waals surface area contributed by atoms with Crippen LogP contribution >= 0.6 is 11.3 Å². The molecule has 0 spiro atoms. The second kappa shape index (κ2) is 7.02. The minimum Gasteiger partial charge on any atom is -0.256 e. The summed E-state index contributed by atoms with van der Waals surface area (Å²) in [6, 6.07) is 8.85. The Morgan fingerprint density at radius 2 is 1.92 bits per heavy atom. The van der Waals surface area contributed by atoms with Gasteiger partial charge in [-0.25, -0.2) is 4.98 Å². The molecule has 0 saturated carbocycles. The van der Waals surface area contributed by atoms with Crippen LogP contribution in [0, 0.1) is 6.92 Å². The molecule has 0 aliphatic heterocycles. The highest BCUT2D eigenvalue weighted by molar-refractivity contribution is 7.13. The van der Waals surface area contributed by atoms with Gasteiger partial charge >= 0.3 is 6.18 Å². The lowest BCUT2D eigenvalue weighted by molar-refractivity contribution is -0.137. The smallest absolute Gasteiger partial charge is 0.256 e. The number of thiazole rings is 1. The van der Waals surface area contributed by atoms with Gasteiger partial charge in [0.25, 0.3) is 0 Å². The normalized spacial score (nSPS) is 11.8. The molecule has 25 heavy (non-hydrogen) atoms. The fourth-order valence-corrected chi connectivity index (χ4v) is 2.80. The molecule has 0 fully saturated rings. The SMILES string of the molecule is Cc1csc(NN=Cc2ccc(-c3ncccc3C(F)(F)F)cc2)n1. The summed E-state index contributed by atoms with van der Waals surface area (Å²) < 4.78 is 39.2. The van der Waals surface area contributed by atoms with Gasteiger partial charge < -0.3 is 0 Å². The fourth-order valence-electron chi connectivity index (χ4n) is 2.16. The molecule has 0 unspecified atom stereocenters. The molecule has 3 rings (SSSR count). The van der Waals surface area contributed by atoms with E-state index in [4.69, 9.17) is 0 Å². The van der Waals surface area contributed by atoms with Crippen molar-refractivity contribution in [2.24, 2.45) is 5.10 Å². The molecule has 0 atom stereocenters. The molecule has 1 N–H and O–H groups in total. The Hall–Kier alpha value is -2.74. The van der Waals surface area contributed by atoms with Gasteiger partial charge in [-0.1, -0.05) is 24.3 Å². The molecule has 2 aromatic heterocycles. The first-order chi connectivity index (χ1) is 11.9. The predicted molar refractivity (Wildman–Crippen MR) is 92.7 cm³/mol. The zero-order chi connectivity index (χ0) is 17.9. The Bertz CT molecular complexity index is 885. The Labute approximate surface area is 146 Å². The van der Waals surface area contributed by atoms with Crippen LogP contribution in [0.2, 0.25) is 0 Å². The number of nitrogens with zero attached hydrogens (tertiary/aromatic N) is 3. The van der Waals surface area contributed by atoms with Gasteiger partial charge in [-0.05, 0) is 24.6 Å². The number of pyridine rings is 1. The molecule has 0 amide bonds. The topological polar surface area (TPSA) is 50.2 Å². The standard InChI is InChI=1S/C17H13F3N4S/c1-11-10-25-16(23-11)24-22-9-12-4-6-13(7-5-12)15-14(17(18,19)20)3-2-8-21-15/h2-10H,1H3,(H,23,24). The summed E-state index contributed by atoms with van der Waals surface area (Å²) in [7, 11) is 0. The molecule has 0 bridgehead atoms. The van der Waals surface area contributed by atoms with Crippen LogP contribution in [0.3, 0.4) is 0 Å². The number of aryl methyl sites for hydroxylation is 1. The summed E-state index contributed by atoms with van der Waals surface area (Å²) in [5, 5.41) is 6.64. The highest BCUT2D eigenvalue weighted by atomic mass is 32.1. The first-order valence-electron chi connectivity index (χ1n) is 7.27. The van der Waals surface area contributed by atoms with Crippen LogP contribution in [0.15, 0.2) is 53.1 Å². The molecular formula is C17H13F3N4S. The van der Waals surface area contributed by atoms with E-state index < -0.39 is 11.7 Å². The Kier molecular flexibility index (Phi) is 4.80. The van der Waals surface area contributed by atoms with Crippen LogP contribution < -0.4 is 5.43 Å². The number of nitrogens with one attached hydrogen (secondary N) is 1. The van der Waals surface area contributed by atoms with Crippen molar-refractivity contribution in [3.63, 3.8) is 0 Å². The molecule has 0 aliphatic rings. The van der Waals surface area contributed by atoms with Gasteiger partial charge in [-0.3, -0.25) is 10.4 Å². The number of benzene rings is 1. The van der Waals surface area contributed by atoms with Crippen LogP contribution in [0.5, 0.6) is 0 Å². The molecular weight excluding hydrogens is 349 g/mol. The summed E-state index contributed by atoms with van der Waals surface area (Å²) in [5.41, 5.74) is 4.01. The van der Waals surface area contributed by atoms with Crippen molar-refractivity contribution in [3.05, 3.63) is 64.8 Å². The van der Waals surface area contributed by atoms with Gasteiger partial charge in [0.1, 0.15) is 0 Å². The van der Waals surface area contributed by atoms with E-state index in [1.54, 1.807) is 30.5 Å². The van der Waals surface area contributed by atoms with E-state index in [2.05, 4.69) is 20.5 Å². The van der Waals surface area contributed by atoms with E-state index in [0.717, 1.165) is 17.3 Å². The number of hydrogen-bond donors (Lipinski definition) is 1. The number of anilines is 1. The van der Waals surface area contributed by atoms with Crippen LogP contribution in [0.25, 0.3) is 11.3 Å². The zero-order valence-electron chi connectivity index (χ0n) is 13.1. The van der Waals surface area contributed by atoms with Gasteiger partial charge in [-0.2, -0.15) is 18.3 Å². The Balaban J connectivity index is 1.77. The van der Waals surface area contributed by atoms with Gasteiger partial charge in [0, 0.05) is 17.1 Å². The molecule has 1 aromatic carbocycles. The lowest BCUT2D eigenvalue weighted by Gasteiger charge is -2.11. The van der Waals surface area contributed by atoms with E-state index >= 15 is 0 Å². The number of alkyl halides is 3. The molecule has 2 heterocycles. The first-order valence-corrected chi connectivity index (χ1v) is 8.15. The molecule has 0 aliphatic carbocycles.